The van der Waals surface area contributed by atoms with Gasteiger partial charge >= 0.3 is 12.1 Å². The minimum Gasteiger partial charge on any atom is -0.478 e. The predicted octanol–water partition coefficient (Wildman–Crippen LogP) is 6.77. The van der Waals surface area contributed by atoms with Crippen LogP contribution in [-0.4, -0.2) is 32.0 Å². The van der Waals surface area contributed by atoms with Gasteiger partial charge in [0, 0.05) is 6.07 Å². The summed E-state index contributed by atoms with van der Waals surface area (Å²) in [6, 6.07) is 13.2. The third-order valence-corrected chi connectivity index (χ3v) is 6.73. The molecule has 0 saturated carbocycles. The van der Waals surface area contributed by atoms with Crippen molar-refractivity contribution in [1.82, 2.24) is 20.3 Å². The van der Waals surface area contributed by atoms with E-state index >= 15 is 0 Å². The number of carbonyl (C=O) groups excluding carboxylic acids is 1. The molecule has 0 bridgehead atoms. The summed E-state index contributed by atoms with van der Waals surface area (Å²) in [4.78, 5) is 24.8. The maximum atomic E-state index is 14.3. The third-order valence-electron chi connectivity index (χ3n) is 6.73. The summed E-state index contributed by atoms with van der Waals surface area (Å²) in [5, 5.41) is 20.0. The molecule has 220 valence electrons. The van der Waals surface area contributed by atoms with Crippen LogP contribution in [-0.2, 0) is 12.7 Å². The van der Waals surface area contributed by atoms with Gasteiger partial charge in [-0.25, -0.2) is 22.6 Å². The Morgan fingerprint density at radius 1 is 0.907 bits per heavy atom. The number of aromatic carboxylic acids is 1. The summed E-state index contributed by atoms with van der Waals surface area (Å²) < 4.78 is 82.6. The van der Waals surface area contributed by atoms with Gasteiger partial charge in [-0.1, -0.05) is 23.4 Å². The highest BCUT2D eigenvalue weighted by molar-refractivity contribution is 6.06. The average molecular weight is 599 g/mol. The molecule has 0 saturated heterocycles. The molecule has 5 aromatic rings. The van der Waals surface area contributed by atoms with E-state index in [4.69, 9.17) is 5.11 Å². The number of alkyl halides is 3. The Balaban J connectivity index is 1.56. The molecule has 13 heteroatoms. The molecule has 7 nitrogen and oxygen atoms in total. The Hall–Kier alpha value is -5.20. The van der Waals surface area contributed by atoms with Crippen LogP contribution in [0.1, 0.15) is 50.4 Å². The summed E-state index contributed by atoms with van der Waals surface area (Å²) in [5.74, 6) is -4.98. The molecule has 0 aliphatic carbocycles. The van der Waals surface area contributed by atoms with Crippen LogP contribution >= 0.6 is 0 Å². The van der Waals surface area contributed by atoms with Gasteiger partial charge in [0.1, 0.15) is 28.5 Å². The number of nitrogens with zero attached hydrogens (tertiary/aromatic N) is 3. The number of carbonyl (C=O) groups is 2. The van der Waals surface area contributed by atoms with Gasteiger partial charge in [0.2, 0.25) is 0 Å². The molecule has 1 heterocycles. The van der Waals surface area contributed by atoms with Crippen molar-refractivity contribution in [2.24, 2.45) is 0 Å². The molecule has 1 atom stereocenters. The maximum absolute atomic E-state index is 14.3. The lowest BCUT2D eigenvalue weighted by Gasteiger charge is -2.16. The number of carboxylic acid groups (broad SMARTS) is 1. The van der Waals surface area contributed by atoms with Crippen LogP contribution in [0.4, 0.5) is 26.3 Å². The second-order valence-corrected chi connectivity index (χ2v) is 9.73. The first-order valence-electron chi connectivity index (χ1n) is 12.6. The van der Waals surface area contributed by atoms with Crippen LogP contribution in [0.3, 0.4) is 0 Å². The van der Waals surface area contributed by atoms with Crippen LogP contribution < -0.4 is 5.32 Å². The topological polar surface area (TPSA) is 97.1 Å². The second-order valence-electron chi connectivity index (χ2n) is 9.73. The highest BCUT2D eigenvalue weighted by atomic mass is 19.4. The number of amides is 1. The fourth-order valence-electron chi connectivity index (χ4n) is 4.62. The minimum atomic E-state index is -4.88. The van der Waals surface area contributed by atoms with Crippen molar-refractivity contribution in [2.75, 3.05) is 0 Å². The highest BCUT2D eigenvalue weighted by Gasteiger charge is 2.34. The molecule has 43 heavy (non-hydrogen) atoms. The lowest BCUT2D eigenvalue weighted by Crippen LogP contribution is -2.27. The summed E-state index contributed by atoms with van der Waals surface area (Å²) >= 11 is 0. The minimum absolute atomic E-state index is 0.0384. The highest BCUT2D eigenvalue weighted by Crippen LogP contribution is 2.33. The van der Waals surface area contributed by atoms with Gasteiger partial charge in [-0.2, -0.15) is 13.2 Å². The second kappa shape index (κ2) is 11.2. The van der Waals surface area contributed by atoms with Gasteiger partial charge in [-0.3, -0.25) is 4.79 Å². The van der Waals surface area contributed by atoms with Gasteiger partial charge in [0.05, 0.1) is 29.3 Å². The van der Waals surface area contributed by atoms with E-state index in [0.717, 1.165) is 18.2 Å². The van der Waals surface area contributed by atoms with Crippen LogP contribution in [0.15, 0.2) is 72.8 Å². The first kappa shape index (κ1) is 29.3. The standard InChI is InChI=1S/C30H20F6N4O3/c1-15(17-3-5-18(6-4-17)29(42)43)37-28(41)23-11-20(19-9-21(31)13-22(32)10-19)12-26-27(23)40(39-38-26)14-16-2-7-24(25(33)8-16)30(34,35)36/h2-13,15H,14H2,1H3,(H,37,41)(H,42,43)/t15-/m0/s1. The molecule has 0 spiro atoms. The average Bonchev–Trinajstić information content (AvgIpc) is 3.33. The molecule has 0 radical (unpaired) electrons. The van der Waals surface area contributed by atoms with Crippen molar-refractivity contribution >= 4 is 22.9 Å². The first-order chi connectivity index (χ1) is 20.3. The molecule has 0 fully saturated rings. The van der Waals surface area contributed by atoms with Crippen molar-refractivity contribution in [3.05, 3.63) is 118 Å². The van der Waals surface area contributed by atoms with E-state index in [2.05, 4.69) is 15.6 Å². The van der Waals surface area contributed by atoms with Crippen LogP contribution in [0.25, 0.3) is 22.2 Å². The monoisotopic (exact) mass is 598 g/mol. The quantitative estimate of drug-likeness (QED) is 0.202. The molecular formula is C30H20F6N4O3. The van der Waals surface area contributed by atoms with Gasteiger partial charge in [0.15, 0.2) is 0 Å². The summed E-state index contributed by atoms with van der Waals surface area (Å²) in [5.41, 5.74) is -0.164. The molecule has 2 N–H and O–H groups in total. The van der Waals surface area contributed by atoms with Crippen LogP contribution in [0.5, 0.6) is 0 Å². The fourth-order valence-corrected chi connectivity index (χ4v) is 4.62. The number of hydrogen-bond acceptors (Lipinski definition) is 4. The lowest BCUT2D eigenvalue weighted by atomic mass is 10.00. The molecule has 0 aliphatic heterocycles. The Bertz CT molecular complexity index is 1850. The number of benzene rings is 4. The SMILES string of the molecule is C[C@H](NC(=O)c1cc(-c2cc(F)cc(F)c2)cc2nnn(Cc3ccc(C(F)(F)F)c(F)c3)c12)c1ccc(C(=O)O)cc1. The van der Waals surface area contributed by atoms with E-state index in [0.29, 0.717) is 23.8 Å². The van der Waals surface area contributed by atoms with Crippen LogP contribution in [0.2, 0.25) is 0 Å². The van der Waals surface area contributed by atoms with Crippen molar-refractivity contribution < 1.29 is 41.0 Å². The van der Waals surface area contributed by atoms with Crippen molar-refractivity contribution in [1.29, 1.82) is 0 Å². The summed E-state index contributed by atoms with van der Waals surface area (Å²) in [7, 11) is 0. The molecular weight excluding hydrogens is 578 g/mol. The number of rotatable bonds is 7. The number of nitrogens with one attached hydrogen (secondary N) is 1. The number of carboxylic acids is 1. The zero-order valence-electron chi connectivity index (χ0n) is 22.1. The first-order valence-corrected chi connectivity index (χ1v) is 12.6. The van der Waals surface area contributed by atoms with Gasteiger partial charge in [-0.05, 0) is 77.7 Å². The van der Waals surface area contributed by atoms with E-state index in [1.165, 1.54) is 41.1 Å². The number of fused-ring (bicyclic) bond motifs is 1. The fraction of sp³-hybridized carbons (Fsp3) is 0.133. The maximum Gasteiger partial charge on any atom is 0.419 e. The van der Waals surface area contributed by atoms with E-state index in [1.54, 1.807) is 6.92 Å². The number of aromatic nitrogens is 3. The summed E-state index contributed by atoms with van der Waals surface area (Å²) in [6.45, 7) is 1.39. The van der Waals surface area contributed by atoms with Gasteiger partial charge in [-0.15, -0.1) is 5.10 Å². The van der Waals surface area contributed by atoms with E-state index in [9.17, 15) is 35.9 Å². The van der Waals surface area contributed by atoms with E-state index in [1.807, 2.05) is 0 Å². The normalized spacial score (nSPS) is 12.3. The molecule has 0 aliphatic rings. The Morgan fingerprint density at radius 2 is 1.56 bits per heavy atom. The Morgan fingerprint density at radius 3 is 2.16 bits per heavy atom. The molecule has 0 unspecified atom stereocenters. The number of hydrogen-bond donors (Lipinski definition) is 2. The van der Waals surface area contributed by atoms with E-state index in [-0.39, 0.29) is 45.4 Å². The molecule has 4 aromatic carbocycles. The van der Waals surface area contributed by atoms with Crippen molar-refractivity contribution in [3.8, 4) is 11.1 Å². The molecule has 1 aromatic heterocycles. The largest absolute Gasteiger partial charge is 0.478 e. The lowest BCUT2D eigenvalue weighted by molar-refractivity contribution is -0.140. The van der Waals surface area contributed by atoms with Crippen molar-refractivity contribution in [2.45, 2.75) is 25.7 Å². The Kier molecular flexibility index (Phi) is 7.65. The summed E-state index contributed by atoms with van der Waals surface area (Å²) in [6.07, 6.45) is -4.88. The van der Waals surface area contributed by atoms with E-state index < -0.39 is 47.1 Å². The molecule has 5 rings (SSSR count). The van der Waals surface area contributed by atoms with Crippen molar-refractivity contribution in [3.63, 3.8) is 0 Å². The zero-order valence-corrected chi connectivity index (χ0v) is 22.1. The Labute approximate surface area is 239 Å². The predicted molar refractivity (Wildman–Crippen MR) is 143 cm³/mol. The van der Waals surface area contributed by atoms with Crippen LogP contribution in [0, 0.1) is 17.5 Å². The molecule has 1 amide bonds. The van der Waals surface area contributed by atoms with Gasteiger partial charge in [0.25, 0.3) is 5.91 Å². The third kappa shape index (κ3) is 6.20. The number of halogens is 6. The van der Waals surface area contributed by atoms with Gasteiger partial charge < -0.3 is 10.4 Å². The smallest absolute Gasteiger partial charge is 0.419 e. The zero-order chi connectivity index (χ0) is 31.1.